The number of imidazole rings is 1. The van der Waals surface area contributed by atoms with Crippen molar-refractivity contribution >= 4 is 23.6 Å². The average Bonchev–Trinajstić information content (AvgIpc) is 3.41. The van der Waals surface area contributed by atoms with Crippen molar-refractivity contribution in [3.8, 4) is 5.75 Å². The van der Waals surface area contributed by atoms with Gasteiger partial charge < -0.3 is 18.9 Å². The van der Waals surface area contributed by atoms with E-state index in [1.54, 1.807) is 4.90 Å². The van der Waals surface area contributed by atoms with Crippen molar-refractivity contribution < 1.29 is 19.1 Å². The molecule has 2 saturated heterocycles. The van der Waals surface area contributed by atoms with Crippen LogP contribution in [0.2, 0.25) is 5.02 Å². The fourth-order valence-corrected chi connectivity index (χ4v) is 7.87. The molecule has 7 rings (SSSR count). The van der Waals surface area contributed by atoms with E-state index in [-0.39, 0.29) is 24.1 Å². The first-order valence-electron chi connectivity index (χ1n) is 16.8. The molecule has 1 saturated carbocycles. The molecule has 4 aliphatic rings. The molecular formula is C35H43ClN6O4. The number of hydrogen-bond acceptors (Lipinski definition) is 7. The molecule has 11 heteroatoms. The van der Waals surface area contributed by atoms with Gasteiger partial charge in [0.2, 0.25) is 5.91 Å². The van der Waals surface area contributed by atoms with Gasteiger partial charge in [-0.05, 0) is 69.6 Å². The molecule has 3 fully saturated rings. The molecule has 0 bridgehead atoms. The number of likely N-dealkylation sites (tertiary alicyclic amines) is 1. The van der Waals surface area contributed by atoms with Crippen LogP contribution in [-0.4, -0.2) is 86.1 Å². The smallest absolute Gasteiger partial charge is 0.410 e. The second kappa shape index (κ2) is 13.6. The SMILES string of the molecule is Cc1cn(C[C@@H]2CCCN(C(=O)[C@H]3CN(C4c5ccc(Cl)cc5OCc5cccnc54)CCN3C(=O)OC3CCCCC3)C2)cn1. The van der Waals surface area contributed by atoms with Crippen molar-refractivity contribution in [3.05, 3.63) is 76.6 Å². The average molecular weight is 647 g/mol. The molecule has 0 radical (unpaired) electrons. The summed E-state index contributed by atoms with van der Waals surface area (Å²) in [5, 5.41) is 0.602. The van der Waals surface area contributed by atoms with E-state index in [4.69, 9.17) is 26.1 Å². The Labute approximate surface area is 275 Å². The number of piperazine rings is 1. The van der Waals surface area contributed by atoms with Crippen LogP contribution >= 0.6 is 11.6 Å². The summed E-state index contributed by atoms with van der Waals surface area (Å²) < 4.78 is 14.4. The van der Waals surface area contributed by atoms with E-state index >= 15 is 0 Å². The molecule has 3 aliphatic heterocycles. The number of ether oxygens (including phenoxy) is 2. The Bertz CT molecular complexity index is 1560. The summed E-state index contributed by atoms with van der Waals surface area (Å²) in [5.74, 6) is 1.02. The predicted octanol–water partition coefficient (Wildman–Crippen LogP) is 5.62. The fourth-order valence-electron chi connectivity index (χ4n) is 7.71. The number of hydrogen-bond donors (Lipinski definition) is 0. The van der Waals surface area contributed by atoms with E-state index in [1.165, 1.54) is 6.42 Å². The highest BCUT2D eigenvalue weighted by atomic mass is 35.5. The van der Waals surface area contributed by atoms with Gasteiger partial charge in [-0.25, -0.2) is 9.78 Å². The molecule has 2 aromatic heterocycles. The number of pyridine rings is 1. The molecule has 10 nitrogen and oxygen atoms in total. The summed E-state index contributed by atoms with van der Waals surface area (Å²) in [6, 6.07) is 8.76. The maximum absolute atomic E-state index is 14.6. The Hall–Kier alpha value is -3.63. The standard InChI is InChI=1S/C35H43ClN6O4/c1-24-18-39(23-38-24)19-25-7-6-14-41(20-25)34(43)30-21-40(15-16-42(30)35(44)46-28-9-3-2-4-10-28)33-29-12-11-27(36)17-31(29)45-22-26-8-5-13-37-32(26)33/h5,8,11-13,17-18,23,25,28,30,33H,2-4,6-7,9-10,14-16,19-22H2,1H3/t25-,30+,33?/m0/s1. The van der Waals surface area contributed by atoms with Crippen molar-refractivity contribution in [3.63, 3.8) is 0 Å². The van der Waals surface area contributed by atoms with Crippen molar-refractivity contribution in [2.45, 2.75) is 83.2 Å². The number of rotatable bonds is 5. The Morgan fingerprint density at radius 2 is 1.89 bits per heavy atom. The predicted molar refractivity (Wildman–Crippen MR) is 174 cm³/mol. The molecule has 3 atom stereocenters. The number of carbonyl (C=O) groups is 2. The van der Waals surface area contributed by atoms with E-state index in [2.05, 4.69) is 20.6 Å². The molecule has 1 aliphatic carbocycles. The first-order chi connectivity index (χ1) is 22.4. The topological polar surface area (TPSA) is 93.0 Å². The number of aromatic nitrogens is 3. The molecule has 1 aromatic carbocycles. The molecule has 244 valence electrons. The van der Waals surface area contributed by atoms with E-state index in [0.717, 1.165) is 67.6 Å². The van der Waals surface area contributed by atoms with Crippen LogP contribution in [0.15, 0.2) is 49.1 Å². The van der Waals surface area contributed by atoms with Gasteiger partial charge in [0, 0.05) is 67.8 Å². The zero-order chi connectivity index (χ0) is 31.6. The molecular weight excluding hydrogens is 604 g/mol. The Kier molecular flexibility index (Phi) is 9.17. The first kappa shape index (κ1) is 31.0. The van der Waals surface area contributed by atoms with Crippen LogP contribution in [0, 0.1) is 12.8 Å². The second-order valence-electron chi connectivity index (χ2n) is 13.3. The van der Waals surface area contributed by atoms with Crippen LogP contribution in [-0.2, 0) is 22.7 Å². The minimum atomic E-state index is -0.675. The lowest BCUT2D eigenvalue weighted by atomic mass is 9.95. The molecule has 2 amide bonds. The van der Waals surface area contributed by atoms with Crippen LogP contribution in [0.1, 0.15) is 73.5 Å². The maximum Gasteiger partial charge on any atom is 0.410 e. The van der Waals surface area contributed by atoms with Crippen molar-refractivity contribution in [1.82, 2.24) is 29.2 Å². The van der Waals surface area contributed by atoms with Gasteiger partial charge in [0.05, 0.1) is 23.8 Å². The molecule has 1 unspecified atom stereocenters. The number of benzene rings is 1. The van der Waals surface area contributed by atoms with Gasteiger partial charge >= 0.3 is 6.09 Å². The summed E-state index contributed by atoms with van der Waals surface area (Å²) in [6.45, 7) is 5.84. The number of halogens is 1. The normalized spacial score (nSPS) is 24.0. The van der Waals surface area contributed by atoms with Crippen molar-refractivity contribution in [2.75, 3.05) is 32.7 Å². The largest absolute Gasteiger partial charge is 0.488 e. The van der Waals surface area contributed by atoms with Crippen LogP contribution in [0.4, 0.5) is 4.79 Å². The molecule has 0 N–H and O–H groups in total. The van der Waals surface area contributed by atoms with Crippen molar-refractivity contribution in [1.29, 1.82) is 0 Å². The van der Waals surface area contributed by atoms with Crippen LogP contribution in [0.25, 0.3) is 0 Å². The summed E-state index contributed by atoms with van der Waals surface area (Å²) in [4.78, 5) is 43.5. The molecule has 0 spiro atoms. The van der Waals surface area contributed by atoms with Gasteiger partial charge in [-0.2, -0.15) is 0 Å². The Morgan fingerprint density at radius 3 is 2.72 bits per heavy atom. The lowest BCUT2D eigenvalue weighted by Gasteiger charge is -2.45. The molecule has 46 heavy (non-hydrogen) atoms. The number of piperidine rings is 1. The van der Waals surface area contributed by atoms with Gasteiger partial charge in [-0.1, -0.05) is 30.2 Å². The molecule has 5 heterocycles. The number of carbonyl (C=O) groups excluding carboxylic acids is 2. The third-order valence-electron chi connectivity index (χ3n) is 10.0. The molecule has 3 aromatic rings. The van der Waals surface area contributed by atoms with Crippen LogP contribution in [0.3, 0.4) is 0 Å². The highest BCUT2D eigenvalue weighted by molar-refractivity contribution is 6.30. The lowest BCUT2D eigenvalue weighted by Crippen LogP contribution is -2.62. The highest BCUT2D eigenvalue weighted by Gasteiger charge is 2.43. The van der Waals surface area contributed by atoms with E-state index < -0.39 is 6.04 Å². The van der Waals surface area contributed by atoms with Crippen molar-refractivity contribution in [2.24, 2.45) is 5.92 Å². The maximum atomic E-state index is 14.6. The number of fused-ring (bicyclic) bond motifs is 2. The minimum Gasteiger partial charge on any atom is -0.488 e. The van der Waals surface area contributed by atoms with Crippen LogP contribution in [0.5, 0.6) is 5.75 Å². The number of nitrogens with zero attached hydrogens (tertiary/aromatic N) is 6. The van der Waals surface area contributed by atoms with Gasteiger partial charge in [0.15, 0.2) is 0 Å². The Balaban J connectivity index is 1.17. The van der Waals surface area contributed by atoms with Gasteiger partial charge in [0.1, 0.15) is 24.5 Å². The number of aryl methyl sites for hydroxylation is 1. The second-order valence-corrected chi connectivity index (χ2v) is 13.7. The van der Waals surface area contributed by atoms with Gasteiger partial charge in [-0.15, -0.1) is 0 Å². The van der Waals surface area contributed by atoms with Gasteiger partial charge in [0.25, 0.3) is 0 Å². The summed E-state index contributed by atoms with van der Waals surface area (Å²) in [6.07, 6.45) is 12.3. The Morgan fingerprint density at radius 1 is 1.02 bits per heavy atom. The highest BCUT2D eigenvalue weighted by Crippen LogP contribution is 2.41. The first-order valence-corrected chi connectivity index (χ1v) is 17.1. The summed E-state index contributed by atoms with van der Waals surface area (Å²) in [7, 11) is 0. The van der Waals surface area contributed by atoms with E-state index in [0.29, 0.717) is 56.0 Å². The minimum absolute atomic E-state index is 0.0146. The zero-order valence-electron chi connectivity index (χ0n) is 26.5. The summed E-state index contributed by atoms with van der Waals surface area (Å²) >= 11 is 6.40. The third kappa shape index (κ3) is 6.60. The van der Waals surface area contributed by atoms with Crippen LogP contribution < -0.4 is 4.74 Å². The summed E-state index contributed by atoms with van der Waals surface area (Å²) in [5.41, 5.74) is 3.85. The van der Waals surface area contributed by atoms with E-state index in [1.807, 2.05) is 54.7 Å². The zero-order valence-corrected chi connectivity index (χ0v) is 27.3. The van der Waals surface area contributed by atoms with E-state index in [9.17, 15) is 9.59 Å². The quantitative estimate of drug-likeness (QED) is 0.356. The third-order valence-corrected chi connectivity index (χ3v) is 10.3. The fraction of sp³-hybridized carbons (Fsp3) is 0.543. The monoisotopic (exact) mass is 646 g/mol. The van der Waals surface area contributed by atoms with Gasteiger partial charge in [-0.3, -0.25) is 19.6 Å². The number of amides is 2. The lowest BCUT2D eigenvalue weighted by molar-refractivity contribution is -0.141.